The first-order chi connectivity index (χ1) is 8.19. The number of hydrogen-bond acceptors (Lipinski definition) is 5. The number of nitrogens with zero attached hydrogens (tertiary/aromatic N) is 3. The van der Waals surface area contributed by atoms with Gasteiger partial charge in [0.05, 0.1) is 6.04 Å². The monoisotopic (exact) mass is 248 g/mol. The topological polar surface area (TPSA) is 50.7 Å². The Bertz CT molecular complexity index is 461. The number of rotatable bonds is 4. The standard InChI is InChI=1S/C12H16N4S/c1-4-10(11-13-5-6-17-11)16-12-14-8(2)7-9(3)15-12/h5-7,10H,4H2,1-3H3,(H,14,15,16). The molecule has 5 heteroatoms. The van der Waals surface area contributed by atoms with Gasteiger partial charge >= 0.3 is 0 Å². The second-order valence-electron chi connectivity index (χ2n) is 3.95. The summed E-state index contributed by atoms with van der Waals surface area (Å²) in [6, 6.07) is 2.16. The molecule has 4 nitrogen and oxygen atoms in total. The van der Waals surface area contributed by atoms with Gasteiger partial charge in [-0.25, -0.2) is 15.0 Å². The van der Waals surface area contributed by atoms with E-state index in [0.717, 1.165) is 22.8 Å². The van der Waals surface area contributed by atoms with Gasteiger partial charge in [0.25, 0.3) is 0 Å². The van der Waals surface area contributed by atoms with E-state index in [1.54, 1.807) is 11.3 Å². The van der Waals surface area contributed by atoms with Gasteiger partial charge in [-0.1, -0.05) is 6.92 Å². The summed E-state index contributed by atoms with van der Waals surface area (Å²) in [5, 5.41) is 6.41. The fraction of sp³-hybridized carbons (Fsp3) is 0.417. The minimum atomic E-state index is 0.191. The van der Waals surface area contributed by atoms with E-state index in [1.165, 1.54) is 0 Å². The molecule has 1 atom stereocenters. The predicted octanol–water partition coefficient (Wildman–Crippen LogP) is 3.11. The van der Waals surface area contributed by atoms with Crippen molar-refractivity contribution in [3.05, 3.63) is 34.0 Å². The van der Waals surface area contributed by atoms with E-state index in [0.29, 0.717) is 5.95 Å². The average molecular weight is 248 g/mol. The zero-order valence-electron chi connectivity index (χ0n) is 10.3. The van der Waals surface area contributed by atoms with Crippen LogP contribution in [0.2, 0.25) is 0 Å². The van der Waals surface area contributed by atoms with Crippen molar-refractivity contribution in [2.75, 3.05) is 5.32 Å². The summed E-state index contributed by atoms with van der Waals surface area (Å²) >= 11 is 1.65. The first-order valence-electron chi connectivity index (χ1n) is 5.67. The summed E-state index contributed by atoms with van der Waals surface area (Å²) in [4.78, 5) is 13.1. The van der Waals surface area contributed by atoms with E-state index in [1.807, 2.05) is 31.5 Å². The van der Waals surface area contributed by atoms with Crippen LogP contribution in [0.15, 0.2) is 17.6 Å². The fourth-order valence-electron chi connectivity index (χ4n) is 1.69. The highest BCUT2D eigenvalue weighted by molar-refractivity contribution is 7.09. The van der Waals surface area contributed by atoms with Gasteiger partial charge in [-0.05, 0) is 26.3 Å². The van der Waals surface area contributed by atoms with Gasteiger partial charge in [0.15, 0.2) is 0 Å². The summed E-state index contributed by atoms with van der Waals surface area (Å²) in [5.41, 5.74) is 1.96. The van der Waals surface area contributed by atoms with E-state index in [4.69, 9.17) is 0 Å². The summed E-state index contributed by atoms with van der Waals surface area (Å²) in [6.07, 6.45) is 2.79. The molecule has 2 aromatic rings. The molecular weight excluding hydrogens is 232 g/mol. The largest absolute Gasteiger partial charge is 0.345 e. The minimum absolute atomic E-state index is 0.191. The van der Waals surface area contributed by atoms with Crippen molar-refractivity contribution in [3.63, 3.8) is 0 Å². The van der Waals surface area contributed by atoms with Crippen molar-refractivity contribution in [1.82, 2.24) is 15.0 Å². The second-order valence-corrected chi connectivity index (χ2v) is 4.88. The van der Waals surface area contributed by atoms with Gasteiger partial charge in [0, 0.05) is 23.0 Å². The van der Waals surface area contributed by atoms with Gasteiger partial charge in [-0.3, -0.25) is 0 Å². The highest BCUT2D eigenvalue weighted by Crippen LogP contribution is 2.22. The highest BCUT2D eigenvalue weighted by atomic mass is 32.1. The first kappa shape index (κ1) is 12.0. The predicted molar refractivity (Wildman–Crippen MR) is 70.3 cm³/mol. The molecule has 0 aliphatic carbocycles. The molecular formula is C12H16N4S. The van der Waals surface area contributed by atoms with Crippen LogP contribution < -0.4 is 5.32 Å². The summed E-state index contributed by atoms with van der Waals surface area (Å²) in [6.45, 7) is 6.08. The number of aromatic nitrogens is 3. The lowest BCUT2D eigenvalue weighted by Gasteiger charge is -2.14. The average Bonchev–Trinajstić information content (AvgIpc) is 2.77. The Morgan fingerprint density at radius 1 is 1.29 bits per heavy atom. The Kier molecular flexibility index (Phi) is 3.68. The lowest BCUT2D eigenvalue weighted by atomic mass is 10.2. The van der Waals surface area contributed by atoms with Crippen LogP contribution in [0.1, 0.15) is 35.8 Å². The van der Waals surface area contributed by atoms with Crippen LogP contribution in [0.25, 0.3) is 0 Å². The Morgan fingerprint density at radius 2 is 2.00 bits per heavy atom. The Morgan fingerprint density at radius 3 is 2.53 bits per heavy atom. The quantitative estimate of drug-likeness (QED) is 0.903. The molecule has 0 aliphatic rings. The molecule has 2 rings (SSSR count). The molecule has 1 N–H and O–H groups in total. The molecule has 0 bridgehead atoms. The molecule has 0 fully saturated rings. The Hall–Kier alpha value is -1.49. The molecule has 0 saturated heterocycles. The van der Waals surface area contributed by atoms with E-state index < -0.39 is 0 Å². The van der Waals surface area contributed by atoms with Gasteiger partial charge in [0.1, 0.15) is 5.01 Å². The molecule has 1 unspecified atom stereocenters. The van der Waals surface area contributed by atoms with Crippen molar-refractivity contribution in [2.24, 2.45) is 0 Å². The van der Waals surface area contributed by atoms with Gasteiger partial charge in [-0.15, -0.1) is 11.3 Å². The second kappa shape index (κ2) is 5.23. The van der Waals surface area contributed by atoms with E-state index in [9.17, 15) is 0 Å². The third-order valence-electron chi connectivity index (χ3n) is 2.44. The van der Waals surface area contributed by atoms with Crippen LogP contribution in [0.3, 0.4) is 0 Å². The van der Waals surface area contributed by atoms with Gasteiger partial charge in [-0.2, -0.15) is 0 Å². The first-order valence-corrected chi connectivity index (χ1v) is 6.55. The Labute approximate surface area is 105 Å². The Balaban J connectivity index is 2.18. The van der Waals surface area contributed by atoms with Crippen LogP contribution in [-0.2, 0) is 0 Å². The number of hydrogen-bond donors (Lipinski definition) is 1. The van der Waals surface area contributed by atoms with E-state index in [-0.39, 0.29) is 6.04 Å². The highest BCUT2D eigenvalue weighted by Gasteiger charge is 2.13. The van der Waals surface area contributed by atoms with Gasteiger partial charge < -0.3 is 5.32 Å². The van der Waals surface area contributed by atoms with Crippen LogP contribution in [0, 0.1) is 13.8 Å². The van der Waals surface area contributed by atoms with Crippen LogP contribution in [0.4, 0.5) is 5.95 Å². The van der Waals surface area contributed by atoms with Crippen molar-refractivity contribution in [1.29, 1.82) is 0 Å². The molecule has 0 aliphatic heterocycles. The fourth-order valence-corrected chi connectivity index (χ4v) is 2.46. The number of anilines is 1. The maximum absolute atomic E-state index is 4.39. The van der Waals surface area contributed by atoms with Crippen molar-refractivity contribution < 1.29 is 0 Å². The van der Waals surface area contributed by atoms with E-state index >= 15 is 0 Å². The number of nitrogens with one attached hydrogen (secondary N) is 1. The van der Waals surface area contributed by atoms with Crippen molar-refractivity contribution in [2.45, 2.75) is 33.2 Å². The summed E-state index contributed by atoms with van der Waals surface area (Å²) < 4.78 is 0. The summed E-state index contributed by atoms with van der Waals surface area (Å²) in [5.74, 6) is 0.685. The molecule has 0 spiro atoms. The molecule has 2 aromatic heterocycles. The maximum Gasteiger partial charge on any atom is 0.223 e. The number of thiazole rings is 1. The normalized spacial score (nSPS) is 12.4. The molecule has 0 radical (unpaired) electrons. The molecule has 0 saturated carbocycles. The molecule has 0 amide bonds. The smallest absolute Gasteiger partial charge is 0.223 e. The van der Waals surface area contributed by atoms with Crippen molar-refractivity contribution in [3.8, 4) is 0 Å². The lowest BCUT2D eigenvalue weighted by Crippen LogP contribution is -2.12. The van der Waals surface area contributed by atoms with Crippen molar-refractivity contribution >= 4 is 17.3 Å². The molecule has 90 valence electrons. The third-order valence-corrected chi connectivity index (χ3v) is 3.33. The van der Waals surface area contributed by atoms with E-state index in [2.05, 4.69) is 27.2 Å². The van der Waals surface area contributed by atoms with Crippen LogP contribution >= 0.6 is 11.3 Å². The summed E-state index contributed by atoms with van der Waals surface area (Å²) in [7, 11) is 0. The molecule has 0 aromatic carbocycles. The zero-order chi connectivity index (χ0) is 12.3. The SMILES string of the molecule is CCC(Nc1nc(C)cc(C)n1)c1nccs1. The lowest BCUT2D eigenvalue weighted by molar-refractivity contribution is 0.729. The molecule has 2 heterocycles. The third kappa shape index (κ3) is 3.00. The van der Waals surface area contributed by atoms with Gasteiger partial charge in [0.2, 0.25) is 5.95 Å². The van der Waals surface area contributed by atoms with Crippen LogP contribution in [0.5, 0.6) is 0 Å². The number of aryl methyl sites for hydroxylation is 2. The maximum atomic E-state index is 4.39. The minimum Gasteiger partial charge on any atom is -0.345 e. The zero-order valence-corrected chi connectivity index (χ0v) is 11.1. The van der Waals surface area contributed by atoms with Crippen LogP contribution in [-0.4, -0.2) is 15.0 Å². The molecule has 17 heavy (non-hydrogen) atoms.